The van der Waals surface area contributed by atoms with Crippen LogP contribution >= 0.6 is 11.9 Å². The van der Waals surface area contributed by atoms with Crippen LogP contribution in [0.25, 0.3) is 0 Å². The summed E-state index contributed by atoms with van der Waals surface area (Å²) in [5, 5.41) is 9.11. The standard InChI is InChI=1S/C14H21NO3S/c1-14(2,3)18-9-12(13(16)17)15-19-10-11-7-5-4-6-8-11/h4-8,12,15H,9-10H2,1-3H3,(H,16,17). The number of carbonyl (C=O) groups is 1. The lowest BCUT2D eigenvalue weighted by atomic mass is 10.2. The summed E-state index contributed by atoms with van der Waals surface area (Å²) >= 11 is 1.38. The molecule has 0 aromatic heterocycles. The molecule has 19 heavy (non-hydrogen) atoms. The first kappa shape index (κ1) is 16.0. The third kappa shape index (κ3) is 7.20. The molecule has 0 fully saturated rings. The molecule has 0 aliphatic carbocycles. The zero-order chi connectivity index (χ0) is 14.3. The maximum Gasteiger partial charge on any atom is 0.323 e. The molecule has 0 heterocycles. The molecule has 5 heteroatoms. The van der Waals surface area contributed by atoms with Crippen LogP contribution in [0.3, 0.4) is 0 Å². The van der Waals surface area contributed by atoms with E-state index in [1.54, 1.807) is 0 Å². The second kappa shape index (κ2) is 7.53. The molecule has 4 nitrogen and oxygen atoms in total. The lowest BCUT2D eigenvalue weighted by Crippen LogP contribution is -2.39. The van der Waals surface area contributed by atoms with E-state index in [2.05, 4.69) is 4.72 Å². The molecule has 1 atom stereocenters. The van der Waals surface area contributed by atoms with E-state index < -0.39 is 12.0 Å². The van der Waals surface area contributed by atoms with Gasteiger partial charge in [-0.25, -0.2) is 4.72 Å². The molecular weight excluding hydrogens is 262 g/mol. The average Bonchev–Trinajstić information content (AvgIpc) is 2.33. The Morgan fingerprint density at radius 2 is 2.00 bits per heavy atom. The van der Waals surface area contributed by atoms with E-state index in [0.29, 0.717) is 0 Å². The summed E-state index contributed by atoms with van der Waals surface area (Å²) in [6, 6.07) is 9.21. The molecule has 0 aliphatic rings. The van der Waals surface area contributed by atoms with Gasteiger partial charge in [-0.2, -0.15) is 0 Å². The molecule has 1 unspecified atom stereocenters. The number of carboxylic acid groups (broad SMARTS) is 1. The summed E-state index contributed by atoms with van der Waals surface area (Å²) in [6.45, 7) is 5.87. The van der Waals surface area contributed by atoms with Crippen LogP contribution in [0, 0.1) is 0 Å². The van der Waals surface area contributed by atoms with Crippen molar-refractivity contribution in [1.29, 1.82) is 0 Å². The molecule has 1 rings (SSSR count). The predicted molar refractivity (Wildman–Crippen MR) is 78.0 cm³/mol. The van der Waals surface area contributed by atoms with Crippen LogP contribution in [-0.2, 0) is 15.3 Å². The van der Waals surface area contributed by atoms with Crippen molar-refractivity contribution < 1.29 is 14.6 Å². The Labute approximate surface area is 118 Å². The molecule has 0 aliphatic heterocycles. The Balaban J connectivity index is 2.36. The van der Waals surface area contributed by atoms with Gasteiger partial charge in [-0.3, -0.25) is 4.79 Å². The molecule has 1 aromatic carbocycles. The van der Waals surface area contributed by atoms with Crippen molar-refractivity contribution in [2.75, 3.05) is 6.61 Å². The minimum absolute atomic E-state index is 0.153. The van der Waals surface area contributed by atoms with Crippen LogP contribution in [0.5, 0.6) is 0 Å². The van der Waals surface area contributed by atoms with Gasteiger partial charge in [-0.15, -0.1) is 0 Å². The maximum absolute atomic E-state index is 11.1. The van der Waals surface area contributed by atoms with Gasteiger partial charge in [0.05, 0.1) is 12.2 Å². The van der Waals surface area contributed by atoms with Crippen LogP contribution < -0.4 is 4.72 Å². The van der Waals surface area contributed by atoms with Crippen molar-refractivity contribution in [1.82, 2.24) is 4.72 Å². The van der Waals surface area contributed by atoms with E-state index in [0.717, 1.165) is 11.3 Å². The molecule has 0 amide bonds. The highest BCUT2D eigenvalue weighted by Gasteiger charge is 2.20. The first-order chi connectivity index (χ1) is 8.88. The smallest absolute Gasteiger partial charge is 0.323 e. The van der Waals surface area contributed by atoms with E-state index in [1.807, 2.05) is 51.1 Å². The second-order valence-electron chi connectivity index (χ2n) is 5.21. The van der Waals surface area contributed by atoms with Crippen LogP contribution in [0.4, 0.5) is 0 Å². The predicted octanol–water partition coefficient (Wildman–Crippen LogP) is 2.69. The van der Waals surface area contributed by atoms with E-state index in [4.69, 9.17) is 9.84 Å². The van der Waals surface area contributed by atoms with Crippen molar-refractivity contribution in [3.05, 3.63) is 35.9 Å². The molecule has 0 saturated heterocycles. The molecule has 1 aromatic rings. The number of carboxylic acids is 1. The van der Waals surface area contributed by atoms with Crippen LogP contribution in [0.2, 0.25) is 0 Å². The minimum atomic E-state index is -0.898. The van der Waals surface area contributed by atoms with Gasteiger partial charge in [0, 0.05) is 5.75 Å². The van der Waals surface area contributed by atoms with E-state index >= 15 is 0 Å². The Morgan fingerprint density at radius 1 is 1.37 bits per heavy atom. The molecule has 0 spiro atoms. The highest BCUT2D eigenvalue weighted by atomic mass is 32.2. The van der Waals surface area contributed by atoms with E-state index in [1.165, 1.54) is 11.9 Å². The fourth-order valence-corrected chi connectivity index (χ4v) is 2.10. The second-order valence-corrected chi connectivity index (χ2v) is 6.02. The van der Waals surface area contributed by atoms with Crippen molar-refractivity contribution in [2.45, 2.75) is 38.2 Å². The van der Waals surface area contributed by atoms with Gasteiger partial charge >= 0.3 is 5.97 Å². The summed E-state index contributed by atoms with van der Waals surface area (Å²) in [4.78, 5) is 11.1. The third-order valence-corrected chi connectivity index (χ3v) is 3.22. The highest BCUT2D eigenvalue weighted by molar-refractivity contribution is 7.96. The van der Waals surface area contributed by atoms with Crippen molar-refractivity contribution >= 4 is 17.9 Å². The first-order valence-corrected chi connectivity index (χ1v) is 7.15. The first-order valence-electron chi connectivity index (χ1n) is 6.16. The maximum atomic E-state index is 11.1. The lowest BCUT2D eigenvalue weighted by molar-refractivity contribution is -0.141. The summed E-state index contributed by atoms with van der Waals surface area (Å²) in [6.07, 6.45) is 0. The SMILES string of the molecule is CC(C)(C)OCC(NSCc1ccccc1)C(=O)O. The number of benzene rings is 1. The van der Waals surface area contributed by atoms with Gasteiger partial charge in [0.25, 0.3) is 0 Å². The number of ether oxygens (including phenoxy) is 1. The molecule has 0 radical (unpaired) electrons. The van der Waals surface area contributed by atoms with E-state index in [9.17, 15) is 4.79 Å². The Kier molecular flexibility index (Phi) is 6.34. The van der Waals surface area contributed by atoms with Gasteiger partial charge in [0.2, 0.25) is 0 Å². The topological polar surface area (TPSA) is 58.6 Å². The largest absolute Gasteiger partial charge is 0.480 e. The summed E-state index contributed by atoms with van der Waals surface area (Å²) in [5.74, 6) is -0.176. The third-order valence-electron chi connectivity index (χ3n) is 2.29. The molecule has 0 saturated carbocycles. The van der Waals surface area contributed by atoms with Gasteiger partial charge < -0.3 is 9.84 Å². The molecular formula is C14H21NO3S. The van der Waals surface area contributed by atoms with Gasteiger partial charge in [-0.1, -0.05) is 42.3 Å². The van der Waals surface area contributed by atoms with Gasteiger partial charge in [-0.05, 0) is 26.3 Å². The van der Waals surface area contributed by atoms with Crippen molar-refractivity contribution in [3.63, 3.8) is 0 Å². The monoisotopic (exact) mass is 283 g/mol. The van der Waals surface area contributed by atoms with Gasteiger partial charge in [0.1, 0.15) is 6.04 Å². The van der Waals surface area contributed by atoms with E-state index in [-0.39, 0.29) is 12.2 Å². The van der Waals surface area contributed by atoms with Crippen LogP contribution in [-0.4, -0.2) is 29.3 Å². The number of nitrogens with one attached hydrogen (secondary N) is 1. The molecule has 2 N–H and O–H groups in total. The molecule has 106 valence electrons. The molecule has 0 bridgehead atoms. The Morgan fingerprint density at radius 3 is 2.53 bits per heavy atom. The summed E-state index contributed by atoms with van der Waals surface area (Å²) < 4.78 is 8.43. The summed E-state index contributed by atoms with van der Waals surface area (Å²) in [5.41, 5.74) is 0.820. The quantitative estimate of drug-likeness (QED) is 0.753. The van der Waals surface area contributed by atoms with Crippen molar-refractivity contribution in [2.24, 2.45) is 0 Å². The zero-order valence-electron chi connectivity index (χ0n) is 11.6. The highest BCUT2D eigenvalue weighted by Crippen LogP contribution is 2.11. The van der Waals surface area contributed by atoms with Crippen molar-refractivity contribution in [3.8, 4) is 0 Å². The fraction of sp³-hybridized carbons (Fsp3) is 0.500. The van der Waals surface area contributed by atoms with Gasteiger partial charge in [0.15, 0.2) is 0 Å². The summed E-state index contributed by atoms with van der Waals surface area (Å²) in [7, 11) is 0. The normalized spacial score (nSPS) is 13.2. The Bertz CT molecular complexity index is 389. The minimum Gasteiger partial charge on any atom is -0.480 e. The van der Waals surface area contributed by atoms with Crippen LogP contribution in [0.1, 0.15) is 26.3 Å². The average molecular weight is 283 g/mol. The Hall–Kier alpha value is -1.04. The van der Waals surface area contributed by atoms with Crippen LogP contribution in [0.15, 0.2) is 30.3 Å². The number of hydrogen-bond acceptors (Lipinski definition) is 4. The number of rotatable bonds is 7. The number of hydrogen-bond donors (Lipinski definition) is 2. The fourth-order valence-electron chi connectivity index (χ4n) is 1.29. The number of aliphatic carboxylic acids is 1. The zero-order valence-corrected chi connectivity index (χ0v) is 12.4. The lowest BCUT2D eigenvalue weighted by Gasteiger charge is -2.22.